The molecule has 1 aliphatic rings. The van der Waals surface area contributed by atoms with Crippen molar-refractivity contribution in [2.45, 2.75) is 32.6 Å². The zero-order valence-corrected chi connectivity index (χ0v) is 10.1. The highest BCUT2D eigenvalue weighted by atomic mass is 32.2. The summed E-state index contributed by atoms with van der Waals surface area (Å²) in [6.45, 7) is 2.47. The van der Waals surface area contributed by atoms with Gasteiger partial charge >= 0.3 is 0 Å². The van der Waals surface area contributed by atoms with Gasteiger partial charge in [-0.25, -0.2) is 13.1 Å². The van der Waals surface area contributed by atoms with Crippen LogP contribution < -0.4 is 4.72 Å². The number of hydrogen-bond donors (Lipinski definition) is 2. The van der Waals surface area contributed by atoms with E-state index in [1.165, 1.54) is 12.8 Å². The van der Waals surface area contributed by atoms with E-state index in [1.54, 1.807) is 0 Å². The van der Waals surface area contributed by atoms with E-state index in [4.69, 9.17) is 5.11 Å². The van der Waals surface area contributed by atoms with Crippen molar-refractivity contribution in [3.63, 3.8) is 0 Å². The zero-order chi connectivity index (χ0) is 11.3. The van der Waals surface area contributed by atoms with E-state index in [1.807, 2.05) is 0 Å². The fourth-order valence-electron chi connectivity index (χ4n) is 1.97. The highest BCUT2D eigenvalue weighted by Gasteiger charge is 2.19. The molecule has 0 saturated heterocycles. The summed E-state index contributed by atoms with van der Waals surface area (Å²) >= 11 is 0. The van der Waals surface area contributed by atoms with Gasteiger partial charge in [0.25, 0.3) is 0 Å². The molecule has 0 aromatic heterocycles. The second kappa shape index (κ2) is 5.82. The lowest BCUT2D eigenvalue weighted by molar-refractivity contribution is 0.289. The van der Waals surface area contributed by atoms with Crippen molar-refractivity contribution in [1.82, 2.24) is 4.72 Å². The predicted molar refractivity (Wildman–Crippen MR) is 60.0 cm³/mol. The first-order chi connectivity index (χ1) is 7.03. The van der Waals surface area contributed by atoms with Gasteiger partial charge in [-0.3, -0.25) is 0 Å². The van der Waals surface area contributed by atoms with Crippen molar-refractivity contribution < 1.29 is 13.5 Å². The van der Waals surface area contributed by atoms with E-state index in [-0.39, 0.29) is 12.4 Å². The first kappa shape index (κ1) is 12.9. The number of aliphatic hydroxyl groups is 1. The second-order valence-electron chi connectivity index (χ2n) is 4.52. The molecule has 0 atom stereocenters. The molecule has 0 aromatic rings. The lowest BCUT2D eigenvalue weighted by Gasteiger charge is -2.26. The maximum absolute atomic E-state index is 11.3. The highest BCUT2D eigenvalue weighted by molar-refractivity contribution is 7.89. The molecule has 15 heavy (non-hydrogen) atoms. The summed E-state index contributed by atoms with van der Waals surface area (Å²) in [5, 5.41) is 8.55. The van der Waals surface area contributed by atoms with Gasteiger partial charge in [-0.15, -0.1) is 0 Å². The maximum Gasteiger partial charge on any atom is 0.213 e. The minimum atomic E-state index is -3.24. The summed E-state index contributed by atoms with van der Waals surface area (Å²) in [6.07, 6.45) is 4.63. The molecule has 0 radical (unpaired) electrons. The standard InChI is InChI=1S/C10H21NO3S/c1-9-2-4-10(5-3-9)8-11-15(13,14)7-6-12/h9-12H,2-8H2,1H3. The summed E-state index contributed by atoms with van der Waals surface area (Å²) in [6, 6.07) is 0. The van der Waals surface area contributed by atoms with Crippen LogP contribution in [0.5, 0.6) is 0 Å². The monoisotopic (exact) mass is 235 g/mol. The molecule has 0 unspecified atom stereocenters. The minimum absolute atomic E-state index is 0.184. The van der Waals surface area contributed by atoms with Gasteiger partial charge in [0, 0.05) is 6.54 Å². The van der Waals surface area contributed by atoms with Crippen molar-refractivity contribution in [3.05, 3.63) is 0 Å². The van der Waals surface area contributed by atoms with Crippen LogP contribution >= 0.6 is 0 Å². The third-order valence-corrected chi connectivity index (χ3v) is 4.41. The molecule has 0 aliphatic heterocycles. The first-order valence-electron chi connectivity index (χ1n) is 5.61. The number of nitrogens with one attached hydrogen (secondary N) is 1. The largest absolute Gasteiger partial charge is 0.395 e. The van der Waals surface area contributed by atoms with E-state index in [0.717, 1.165) is 18.8 Å². The molecule has 0 amide bonds. The van der Waals surface area contributed by atoms with Crippen LogP contribution in [-0.4, -0.2) is 32.4 Å². The van der Waals surface area contributed by atoms with Gasteiger partial charge in [-0.2, -0.15) is 0 Å². The first-order valence-corrected chi connectivity index (χ1v) is 7.27. The van der Waals surface area contributed by atoms with E-state index in [9.17, 15) is 8.42 Å². The summed E-state index contributed by atoms with van der Waals surface area (Å²) < 4.78 is 25.1. The normalized spacial score (nSPS) is 27.9. The van der Waals surface area contributed by atoms with Gasteiger partial charge in [0.05, 0.1) is 12.4 Å². The Morgan fingerprint density at radius 3 is 2.40 bits per heavy atom. The molecule has 90 valence electrons. The third-order valence-electron chi connectivity index (χ3n) is 3.09. The third kappa shape index (κ3) is 4.95. The molecule has 1 rings (SSSR count). The van der Waals surface area contributed by atoms with Crippen LogP contribution in [0.1, 0.15) is 32.6 Å². The van der Waals surface area contributed by atoms with Crippen molar-refractivity contribution >= 4 is 10.0 Å². The SMILES string of the molecule is CC1CCC(CNS(=O)(=O)CCO)CC1. The second-order valence-corrected chi connectivity index (χ2v) is 6.44. The van der Waals surface area contributed by atoms with Crippen LogP contribution in [0, 0.1) is 11.8 Å². The molecular formula is C10H21NO3S. The topological polar surface area (TPSA) is 66.4 Å². The average molecular weight is 235 g/mol. The van der Waals surface area contributed by atoms with Crippen LogP contribution in [0.15, 0.2) is 0 Å². The van der Waals surface area contributed by atoms with Gasteiger partial charge < -0.3 is 5.11 Å². The summed E-state index contributed by atoms with van der Waals surface area (Å²) in [5.74, 6) is 1.08. The fourth-order valence-corrected chi connectivity index (χ4v) is 2.84. The maximum atomic E-state index is 11.3. The van der Waals surface area contributed by atoms with Crippen LogP contribution in [0.2, 0.25) is 0 Å². The van der Waals surface area contributed by atoms with Crippen LogP contribution in [0.4, 0.5) is 0 Å². The Morgan fingerprint density at radius 2 is 1.87 bits per heavy atom. The van der Waals surface area contributed by atoms with E-state index < -0.39 is 10.0 Å². The summed E-state index contributed by atoms with van der Waals surface area (Å²) in [7, 11) is -3.24. The smallest absolute Gasteiger partial charge is 0.213 e. The Balaban J connectivity index is 2.25. The molecule has 0 bridgehead atoms. The zero-order valence-electron chi connectivity index (χ0n) is 9.28. The number of sulfonamides is 1. The Labute approximate surface area is 92.1 Å². The summed E-state index contributed by atoms with van der Waals surface area (Å²) in [5.41, 5.74) is 0. The molecule has 0 spiro atoms. The van der Waals surface area contributed by atoms with Crippen molar-refractivity contribution in [2.75, 3.05) is 18.9 Å². The Bertz CT molecular complexity index is 268. The summed E-state index contributed by atoms with van der Waals surface area (Å²) in [4.78, 5) is 0. The van der Waals surface area contributed by atoms with Crippen LogP contribution in [0.25, 0.3) is 0 Å². The molecule has 4 nitrogen and oxygen atoms in total. The average Bonchev–Trinajstić information content (AvgIpc) is 2.17. The predicted octanol–water partition coefficient (Wildman–Crippen LogP) is 0.724. The molecule has 1 fully saturated rings. The van der Waals surface area contributed by atoms with Crippen LogP contribution in [0.3, 0.4) is 0 Å². The lowest BCUT2D eigenvalue weighted by atomic mass is 9.83. The Kier molecular flexibility index (Phi) is 5.02. The van der Waals surface area contributed by atoms with E-state index in [0.29, 0.717) is 12.5 Å². The van der Waals surface area contributed by atoms with Crippen molar-refractivity contribution in [2.24, 2.45) is 11.8 Å². The number of hydrogen-bond acceptors (Lipinski definition) is 3. The van der Waals surface area contributed by atoms with Crippen LogP contribution in [-0.2, 0) is 10.0 Å². The van der Waals surface area contributed by atoms with Gasteiger partial charge in [-0.05, 0) is 24.7 Å². The fraction of sp³-hybridized carbons (Fsp3) is 1.00. The molecule has 0 heterocycles. The van der Waals surface area contributed by atoms with E-state index >= 15 is 0 Å². The number of aliphatic hydroxyl groups excluding tert-OH is 1. The van der Waals surface area contributed by atoms with Crippen molar-refractivity contribution in [3.8, 4) is 0 Å². The Morgan fingerprint density at radius 1 is 1.27 bits per heavy atom. The highest BCUT2D eigenvalue weighted by Crippen LogP contribution is 2.27. The number of rotatable bonds is 5. The van der Waals surface area contributed by atoms with E-state index in [2.05, 4.69) is 11.6 Å². The molecule has 5 heteroatoms. The quantitative estimate of drug-likeness (QED) is 0.738. The molecule has 1 aliphatic carbocycles. The molecule has 0 aromatic carbocycles. The molecule has 2 N–H and O–H groups in total. The molecule has 1 saturated carbocycles. The minimum Gasteiger partial charge on any atom is -0.395 e. The van der Waals surface area contributed by atoms with Gasteiger partial charge in [-0.1, -0.05) is 19.8 Å². The Hall–Kier alpha value is -0.130. The lowest BCUT2D eigenvalue weighted by Crippen LogP contribution is -2.33. The van der Waals surface area contributed by atoms with Gasteiger partial charge in [0.2, 0.25) is 10.0 Å². The van der Waals surface area contributed by atoms with Crippen molar-refractivity contribution in [1.29, 1.82) is 0 Å². The molecular weight excluding hydrogens is 214 g/mol. The van der Waals surface area contributed by atoms with Gasteiger partial charge in [0.1, 0.15) is 0 Å². The van der Waals surface area contributed by atoms with Gasteiger partial charge in [0.15, 0.2) is 0 Å².